The van der Waals surface area contributed by atoms with Crippen molar-refractivity contribution in [1.82, 2.24) is 5.32 Å². The minimum Gasteiger partial charge on any atom is -0.489 e. The third-order valence-corrected chi connectivity index (χ3v) is 3.57. The SMILES string of the molecule is C=CCOc1cccc(NC(=O)CNc2ccc(C(=O)NC(C)(C)C)cc2)c1. The van der Waals surface area contributed by atoms with Gasteiger partial charge in [0.1, 0.15) is 12.4 Å². The van der Waals surface area contributed by atoms with Crippen LogP contribution in [0.2, 0.25) is 0 Å². The Morgan fingerprint density at radius 2 is 1.79 bits per heavy atom. The molecular formula is C22H27N3O3. The summed E-state index contributed by atoms with van der Waals surface area (Å²) in [4.78, 5) is 24.3. The molecule has 0 aromatic heterocycles. The molecule has 28 heavy (non-hydrogen) atoms. The van der Waals surface area contributed by atoms with Gasteiger partial charge in [-0.2, -0.15) is 0 Å². The fourth-order valence-electron chi connectivity index (χ4n) is 2.36. The molecule has 0 saturated carbocycles. The lowest BCUT2D eigenvalue weighted by Crippen LogP contribution is -2.40. The summed E-state index contributed by atoms with van der Waals surface area (Å²) >= 11 is 0. The molecule has 0 aliphatic carbocycles. The minimum atomic E-state index is -0.292. The van der Waals surface area contributed by atoms with Crippen LogP contribution in [0.25, 0.3) is 0 Å². The summed E-state index contributed by atoms with van der Waals surface area (Å²) in [5, 5.41) is 8.76. The highest BCUT2D eigenvalue weighted by atomic mass is 16.5. The number of hydrogen-bond acceptors (Lipinski definition) is 4. The molecule has 0 aliphatic heterocycles. The van der Waals surface area contributed by atoms with E-state index in [-0.39, 0.29) is 23.9 Å². The van der Waals surface area contributed by atoms with E-state index in [1.807, 2.05) is 32.9 Å². The molecule has 6 heteroatoms. The fraction of sp³-hybridized carbons (Fsp3) is 0.273. The van der Waals surface area contributed by atoms with Crippen LogP contribution in [0.5, 0.6) is 5.75 Å². The number of benzene rings is 2. The molecular weight excluding hydrogens is 354 g/mol. The highest BCUT2D eigenvalue weighted by molar-refractivity contribution is 5.95. The smallest absolute Gasteiger partial charge is 0.251 e. The largest absolute Gasteiger partial charge is 0.489 e. The molecule has 0 aliphatic rings. The number of carbonyl (C=O) groups is 2. The Labute approximate surface area is 166 Å². The maximum absolute atomic E-state index is 12.1. The van der Waals surface area contributed by atoms with Gasteiger partial charge in [-0.1, -0.05) is 18.7 Å². The van der Waals surface area contributed by atoms with E-state index in [0.29, 0.717) is 23.6 Å². The maximum Gasteiger partial charge on any atom is 0.251 e. The third kappa shape index (κ3) is 7.15. The van der Waals surface area contributed by atoms with Gasteiger partial charge < -0.3 is 20.7 Å². The normalized spacial score (nSPS) is 10.7. The van der Waals surface area contributed by atoms with Gasteiger partial charge in [0.25, 0.3) is 5.91 Å². The molecule has 2 rings (SSSR count). The van der Waals surface area contributed by atoms with Crippen LogP contribution in [0.1, 0.15) is 31.1 Å². The number of nitrogens with one attached hydrogen (secondary N) is 3. The molecule has 0 fully saturated rings. The van der Waals surface area contributed by atoms with E-state index >= 15 is 0 Å². The van der Waals surface area contributed by atoms with E-state index < -0.39 is 0 Å². The average molecular weight is 381 g/mol. The van der Waals surface area contributed by atoms with Gasteiger partial charge in [-0.3, -0.25) is 9.59 Å². The number of amides is 2. The van der Waals surface area contributed by atoms with Gasteiger partial charge in [-0.05, 0) is 57.2 Å². The lowest BCUT2D eigenvalue weighted by molar-refractivity contribution is -0.114. The summed E-state index contributed by atoms with van der Waals surface area (Å²) in [6.07, 6.45) is 1.66. The van der Waals surface area contributed by atoms with Crippen molar-refractivity contribution < 1.29 is 14.3 Å². The second kappa shape index (κ2) is 9.60. The monoisotopic (exact) mass is 381 g/mol. The Balaban J connectivity index is 1.86. The van der Waals surface area contributed by atoms with Crippen molar-refractivity contribution in [2.75, 3.05) is 23.8 Å². The molecule has 148 valence electrons. The Bertz CT molecular complexity index is 824. The van der Waals surface area contributed by atoms with Crippen molar-refractivity contribution in [3.63, 3.8) is 0 Å². The van der Waals surface area contributed by atoms with Crippen LogP contribution >= 0.6 is 0 Å². The first-order chi connectivity index (χ1) is 13.3. The predicted molar refractivity (Wildman–Crippen MR) is 113 cm³/mol. The predicted octanol–water partition coefficient (Wildman–Crippen LogP) is 3.83. The summed E-state index contributed by atoms with van der Waals surface area (Å²) < 4.78 is 5.45. The summed E-state index contributed by atoms with van der Waals surface area (Å²) in [5.74, 6) is 0.348. The van der Waals surface area contributed by atoms with Crippen LogP contribution < -0.4 is 20.7 Å². The quantitative estimate of drug-likeness (QED) is 0.607. The second-order valence-corrected chi connectivity index (χ2v) is 7.31. The topological polar surface area (TPSA) is 79.5 Å². The van der Waals surface area contributed by atoms with Crippen LogP contribution in [0, 0.1) is 0 Å². The Morgan fingerprint density at radius 1 is 1.07 bits per heavy atom. The van der Waals surface area contributed by atoms with Crippen molar-refractivity contribution >= 4 is 23.2 Å². The van der Waals surface area contributed by atoms with Gasteiger partial charge in [0.15, 0.2) is 0 Å². The molecule has 0 bridgehead atoms. The van der Waals surface area contributed by atoms with Crippen LogP contribution in [0.15, 0.2) is 61.2 Å². The average Bonchev–Trinajstić information content (AvgIpc) is 2.64. The second-order valence-electron chi connectivity index (χ2n) is 7.31. The maximum atomic E-state index is 12.1. The summed E-state index contributed by atoms with van der Waals surface area (Å²) in [6.45, 7) is 9.91. The first-order valence-corrected chi connectivity index (χ1v) is 9.07. The minimum absolute atomic E-state index is 0.102. The molecule has 0 atom stereocenters. The van der Waals surface area contributed by atoms with Gasteiger partial charge in [0, 0.05) is 28.5 Å². The summed E-state index contributed by atoms with van der Waals surface area (Å²) in [7, 11) is 0. The van der Waals surface area contributed by atoms with Crippen LogP contribution in [0.3, 0.4) is 0 Å². The molecule has 0 heterocycles. The fourth-order valence-corrected chi connectivity index (χ4v) is 2.36. The van der Waals surface area contributed by atoms with Crippen molar-refractivity contribution in [1.29, 1.82) is 0 Å². The first-order valence-electron chi connectivity index (χ1n) is 9.07. The summed E-state index contributed by atoms with van der Waals surface area (Å²) in [6, 6.07) is 14.2. The van der Waals surface area contributed by atoms with Crippen molar-refractivity contribution in [2.45, 2.75) is 26.3 Å². The zero-order chi connectivity index (χ0) is 20.6. The standard InChI is InChI=1S/C22H27N3O3/c1-5-13-28-19-8-6-7-18(14-19)24-20(26)15-23-17-11-9-16(10-12-17)21(27)25-22(2,3)4/h5-12,14,23H,1,13,15H2,2-4H3,(H,24,26)(H,25,27). The van der Waals surface area contributed by atoms with E-state index in [1.165, 1.54) is 0 Å². The van der Waals surface area contributed by atoms with E-state index in [1.54, 1.807) is 42.5 Å². The Kier molecular flexibility index (Phi) is 7.21. The molecule has 2 amide bonds. The Morgan fingerprint density at radius 3 is 2.43 bits per heavy atom. The van der Waals surface area contributed by atoms with Crippen LogP contribution in [-0.4, -0.2) is 30.5 Å². The van der Waals surface area contributed by atoms with E-state index in [0.717, 1.165) is 5.69 Å². The zero-order valence-corrected chi connectivity index (χ0v) is 16.5. The number of hydrogen-bond donors (Lipinski definition) is 3. The van der Waals surface area contributed by atoms with Gasteiger partial charge in [0.2, 0.25) is 5.91 Å². The van der Waals surface area contributed by atoms with E-state index in [4.69, 9.17) is 4.74 Å². The zero-order valence-electron chi connectivity index (χ0n) is 16.5. The molecule has 0 unspecified atom stereocenters. The number of ether oxygens (including phenoxy) is 1. The lowest BCUT2D eigenvalue weighted by atomic mass is 10.1. The number of carbonyl (C=O) groups excluding carboxylic acids is 2. The lowest BCUT2D eigenvalue weighted by Gasteiger charge is -2.20. The molecule has 0 spiro atoms. The van der Waals surface area contributed by atoms with E-state index in [9.17, 15) is 9.59 Å². The molecule has 0 radical (unpaired) electrons. The van der Waals surface area contributed by atoms with E-state index in [2.05, 4.69) is 22.5 Å². The molecule has 2 aromatic carbocycles. The molecule has 0 saturated heterocycles. The molecule has 3 N–H and O–H groups in total. The molecule has 6 nitrogen and oxygen atoms in total. The van der Waals surface area contributed by atoms with Gasteiger partial charge in [-0.15, -0.1) is 0 Å². The van der Waals surface area contributed by atoms with Gasteiger partial charge in [0.05, 0.1) is 6.54 Å². The van der Waals surface area contributed by atoms with Crippen LogP contribution in [0.4, 0.5) is 11.4 Å². The number of anilines is 2. The van der Waals surface area contributed by atoms with Crippen molar-refractivity contribution in [3.8, 4) is 5.75 Å². The van der Waals surface area contributed by atoms with Gasteiger partial charge in [-0.25, -0.2) is 0 Å². The van der Waals surface area contributed by atoms with Crippen LogP contribution in [-0.2, 0) is 4.79 Å². The van der Waals surface area contributed by atoms with Gasteiger partial charge >= 0.3 is 0 Å². The third-order valence-electron chi connectivity index (χ3n) is 3.57. The highest BCUT2D eigenvalue weighted by Crippen LogP contribution is 2.17. The molecule has 2 aromatic rings. The highest BCUT2D eigenvalue weighted by Gasteiger charge is 2.15. The van der Waals surface area contributed by atoms with Crippen molar-refractivity contribution in [2.24, 2.45) is 0 Å². The number of rotatable bonds is 8. The summed E-state index contributed by atoms with van der Waals surface area (Å²) in [5.41, 5.74) is 1.69. The Hall–Kier alpha value is -3.28. The van der Waals surface area contributed by atoms with Crippen molar-refractivity contribution in [3.05, 3.63) is 66.7 Å². The first kappa shape index (κ1) is 21.0.